The lowest BCUT2D eigenvalue weighted by Crippen LogP contribution is -2.21. The molecule has 1 unspecified atom stereocenters. The molecule has 1 atom stereocenters. The van der Waals surface area contributed by atoms with E-state index in [0.717, 1.165) is 17.5 Å². The van der Waals surface area contributed by atoms with E-state index < -0.39 is 0 Å². The van der Waals surface area contributed by atoms with Crippen LogP contribution in [0.1, 0.15) is 24.1 Å². The van der Waals surface area contributed by atoms with E-state index >= 15 is 0 Å². The van der Waals surface area contributed by atoms with E-state index in [4.69, 9.17) is 0 Å². The first kappa shape index (κ1) is 14.3. The maximum atomic E-state index is 12.8. The Morgan fingerprint density at radius 3 is 2.45 bits per heavy atom. The van der Waals surface area contributed by atoms with E-state index in [9.17, 15) is 14.6 Å². The highest BCUT2D eigenvalue weighted by Gasteiger charge is 2.10. The van der Waals surface area contributed by atoms with Gasteiger partial charge >= 0.3 is 0 Å². The van der Waals surface area contributed by atoms with Crippen LogP contribution in [-0.2, 0) is 6.42 Å². The maximum absolute atomic E-state index is 12.8. The molecule has 0 aliphatic heterocycles. The molecule has 3 N–H and O–H groups in total. The van der Waals surface area contributed by atoms with Gasteiger partial charge < -0.3 is 15.5 Å². The molecule has 0 aromatic heterocycles. The molecule has 0 bridgehead atoms. The smallest absolute Gasteiger partial charge is 0.124 e. The van der Waals surface area contributed by atoms with Crippen molar-refractivity contribution in [1.29, 1.82) is 0 Å². The van der Waals surface area contributed by atoms with Crippen molar-refractivity contribution in [1.82, 2.24) is 5.32 Å². The number of rotatable bonds is 5. The predicted octanol–water partition coefficient (Wildman–Crippen LogP) is 3.13. The van der Waals surface area contributed by atoms with E-state index in [1.165, 1.54) is 18.2 Å². The Labute approximate surface area is 117 Å². The molecular weight excluding hydrogens is 257 g/mol. The molecule has 4 heteroatoms. The molecule has 0 spiro atoms. The third-order valence-electron chi connectivity index (χ3n) is 3.26. The third-order valence-corrected chi connectivity index (χ3v) is 3.26. The minimum Gasteiger partial charge on any atom is -0.508 e. The Kier molecular flexibility index (Phi) is 4.58. The minimum absolute atomic E-state index is 0.0314. The standard InChI is InChI=1S/C16H18FNO2/c1-11(15-7-6-14(19)10-16(15)20)18-9-8-12-2-4-13(17)5-3-12/h2-7,10-11,18-20H,8-9H2,1H3. The summed E-state index contributed by atoms with van der Waals surface area (Å²) in [4.78, 5) is 0. The molecule has 0 saturated heterocycles. The summed E-state index contributed by atoms with van der Waals surface area (Å²) >= 11 is 0. The van der Waals surface area contributed by atoms with Crippen LogP contribution in [-0.4, -0.2) is 16.8 Å². The molecule has 0 fully saturated rings. The number of aromatic hydroxyl groups is 2. The van der Waals surface area contributed by atoms with Crippen LogP contribution in [0.4, 0.5) is 4.39 Å². The van der Waals surface area contributed by atoms with Crippen LogP contribution in [0, 0.1) is 5.82 Å². The van der Waals surface area contributed by atoms with Gasteiger partial charge in [-0.2, -0.15) is 0 Å². The fraction of sp³-hybridized carbons (Fsp3) is 0.250. The van der Waals surface area contributed by atoms with Gasteiger partial charge in [-0.1, -0.05) is 18.2 Å². The summed E-state index contributed by atoms with van der Waals surface area (Å²) in [6.07, 6.45) is 0.781. The fourth-order valence-electron chi connectivity index (χ4n) is 2.09. The summed E-state index contributed by atoms with van der Waals surface area (Å²) in [7, 11) is 0. The van der Waals surface area contributed by atoms with E-state index in [0.29, 0.717) is 6.54 Å². The molecule has 0 heterocycles. The van der Waals surface area contributed by atoms with Gasteiger partial charge in [0, 0.05) is 17.7 Å². The zero-order valence-corrected chi connectivity index (χ0v) is 11.3. The second kappa shape index (κ2) is 6.39. The lowest BCUT2D eigenvalue weighted by molar-refractivity contribution is 0.436. The van der Waals surface area contributed by atoms with Crippen LogP contribution >= 0.6 is 0 Å². The van der Waals surface area contributed by atoms with Gasteiger partial charge in [0.2, 0.25) is 0 Å². The summed E-state index contributed by atoms with van der Waals surface area (Å²) in [5.74, 6) is -0.111. The molecule has 0 saturated carbocycles. The molecule has 2 aromatic rings. The highest BCUT2D eigenvalue weighted by molar-refractivity contribution is 5.40. The zero-order chi connectivity index (χ0) is 14.5. The summed E-state index contributed by atoms with van der Waals surface area (Å²) < 4.78 is 12.8. The van der Waals surface area contributed by atoms with E-state index in [1.807, 2.05) is 6.92 Å². The van der Waals surface area contributed by atoms with Crippen molar-refractivity contribution in [2.45, 2.75) is 19.4 Å². The molecule has 0 aliphatic carbocycles. The first-order valence-electron chi connectivity index (χ1n) is 6.56. The first-order valence-corrected chi connectivity index (χ1v) is 6.56. The van der Waals surface area contributed by atoms with Crippen molar-refractivity contribution in [3.8, 4) is 11.5 Å². The van der Waals surface area contributed by atoms with Gasteiger partial charge in [0.15, 0.2) is 0 Å². The van der Waals surface area contributed by atoms with E-state index in [-0.39, 0.29) is 23.4 Å². The van der Waals surface area contributed by atoms with Gasteiger partial charge in [-0.25, -0.2) is 4.39 Å². The molecule has 20 heavy (non-hydrogen) atoms. The Morgan fingerprint density at radius 2 is 1.80 bits per heavy atom. The lowest BCUT2D eigenvalue weighted by Gasteiger charge is -2.15. The van der Waals surface area contributed by atoms with Gasteiger partial charge in [0.05, 0.1) is 0 Å². The highest BCUT2D eigenvalue weighted by Crippen LogP contribution is 2.27. The normalized spacial score (nSPS) is 12.3. The highest BCUT2D eigenvalue weighted by atomic mass is 19.1. The summed E-state index contributed by atoms with van der Waals surface area (Å²) in [5, 5.41) is 22.3. The maximum Gasteiger partial charge on any atom is 0.124 e. The minimum atomic E-state index is -0.232. The second-order valence-corrected chi connectivity index (χ2v) is 4.80. The Bertz CT molecular complexity index is 569. The molecule has 0 aliphatic rings. The van der Waals surface area contributed by atoms with Crippen molar-refractivity contribution in [2.24, 2.45) is 0 Å². The van der Waals surface area contributed by atoms with Crippen molar-refractivity contribution >= 4 is 0 Å². The van der Waals surface area contributed by atoms with Gasteiger partial charge in [-0.3, -0.25) is 0 Å². The number of nitrogens with one attached hydrogen (secondary N) is 1. The monoisotopic (exact) mass is 275 g/mol. The molecule has 0 amide bonds. The molecule has 2 aromatic carbocycles. The van der Waals surface area contributed by atoms with Crippen LogP contribution in [0.25, 0.3) is 0 Å². The van der Waals surface area contributed by atoms with Crippen LogP contribution in [0.15, 0.2) is 42.5 Å². The molecule has 0 radical (unpaired) electrons. The molecule has 3 nitrogen and oxygen atoms in total. The van der Waals surface area contributed by atoms with Crippen molar-refractivity contribution in [2.75, 3.05) is 6.54 Å². The number of benzene rings is 2. The van der Waals surface area contributed by atoms with Gasteiger partial charge in [0.1, 0.15) is 17.3 Å². The van der Waals surface area contributed by atoms with Gasteiger partial charge in [-0.05, 0) is 43.7 Å². The Balaban J connectivity index is 1.88. The average molecular weight is 275 g/mol. The zero-order valence-electron chi connectivity index (χ0n) is 11.3. The van der Waals surface area contributed by atoms with E-state index in [1.54, 1.807) is 24.3 Å². The third kappa shape index (κ3) is 3.71. The number of hydrogen-bond acceptors (Lipinski definition) is 3. The van der Waals surface area contributed by atoms with Crippen LogP contribution in [0.3, 0.4) is 0 Å². The number of phenols is 2. The quantitative estimate of drug-likeness (QED) is 0.785. The molecular formula is C16H18FNO2. The second-order valence-electron chi connectivity index (χ2n) is 4.80. The largest absolute Gasteiger partial charge is 0.508 e. The van der Waals surface area contributed by atoms with Crippen molar-refractivity contribution in [3.05, 3.63) is 59.4 Å². The topological polar surface area (TPSA) is 52.5 Å². The number of phenolic OH excluding ortho intramolecular Hbond substituents is 2. The molecule has 2 rings (SSSR count). The number of hydrogen-bond donors (Lipinski definition) is 3. The predicted molar refractivity (Wildman–Crippen MR) is 76.3 cm³/mol. The van der Waals surface area contributed by atoms with Crippen LogP contribution in [0.2, 0.25) is 0 Å². The van der Waals surface area contributed by atoms with Crippen molar-refractivity contribution in [3.63, 3.8) is 0 Å². The summed E-state index contributed by atoms with van der Waals surface area (Å²) in [6.45, 7) is 2.66. The summed E-state index contributed by atoms with van der Waals surface area (Å²) in [5.41, 5.74) is 1.79. The SMILES string of the molecule is CC(NCCc1ccc(F)cc1)c1ccc(O)cc1O. The van der Waals surface area contributed by atoms with Crippen molar-refractivity contribution < 1.29 is 14.6 Å². The lowest BCUT2D eigenvalue weighted by atomic mass is 10.1. The molecule has 106 valence electrons. The van der Waals surface area contributed by atoms with Crippen LogP contribution in [0.5, 0.6) is 11.5 Å². The van der Waals surface area contributed by atoms with Crippen LogP contribution < -0.4 is 5.32 Å². The Morgan fingerprint density at radius 1 is 1.10 bits per heavy atom. The fourth-order valence-corrected chi connectivity index (χ4v) is 2.09. The van der Waals surface area contributed by atoms with Gasteiger partial charge in [-0.15, -0.1) is 0 Å². The number of halogens is 1. The average Bonchev–Trinajstić information content (AvgIpc) is 2.41. The van der Waals surface area contributed by atoms with E-state index in [2.05, 4.69) is 5.32 Å². The van der Waals surface area contributed by atoms with Gasteiger partial charge in [0.25, 0.3) is 0 Å². The first-order chi connectivity index (χ1) is 9.56. The Hall–Kier alpha value is -2.07. The summed E-state index contributed by atoms with van der Waals surface area (Å²) in [6, 6.07) is 11.0.